The number of guanidine groups is 1. The molecule has 0 aliphatic rings. The lowest BCUT2D eigenvalue weighted by Gasteiger charge is -2.13. The Labute approximate surface area is 145 Å². The summed E-state index contributed by atoms with van der Waals surface area (Å²) in [6.07, 6.45) is 0. The molecule has 4 nitrogen and oxygen atoms in total. The van der Waals surface area contributed by atoms with Crippen LogP contribution in [0.5, 0.6) is 5.75 Å². The Morgan fingerprint density at radius 1 is 1.14 bits per heavy atom. The van der Waals surface area contributed by atoms with Gasteiger partial charge in [-0.3, -0.25) is 0 Å². The van der Waals surface area contributed by atoms with Gasteiger partial charge in [0.05, 0.1) is 13.2 Å². The molecular weight excluding hydrogens is 377 g/mol. The molecule has 0 saturated carbocycles. The van der Waals surface area contributed by atoms with E-state index in [1.807, 2.05) is 18.2 Å². The Kier molecular flexibility index (Phi) is 11.1. The predicted molar refractivity (Wildman–Crippen MR) is 101 cm³/mol. The minimum Gasteiger partial charge on any atom is -0.493 e. The molecule has 0 heterocycles. The molecule has 0 fully saturated rings. The summed E-state index contributed by atoms with van der Waals surface area (Å²) in [5.41, 5.74) is 1.11. The second-order valence-corrected chi connectivity index (χ2v) is 5.04. The van der Waals surface area contributed by atoms with Crippen LogP contribution in [0.15, 0.2) is 29.3 Å². The summed E-state index contributed by atoms with van der Waals surface area (Å²) in [5, 5.41) is 6.44. The number of halogens is 1. The van der Waals surface area contributed by atoms with E-state index >= 15 is 0 Å². The first kappa shape index (κ1) is 20.0. The van der Waals surface area contributed by atoms with E-state index in [0.29, 0.717) is 12.5 Å². The van der Waals surface area contributed by atoms with E-state index in [1.165, 1.54) is 0 Å². The van der Waals surface area contributed by atoms with Crippen molar-refractivity contribution in [1.82, 2.24) is 10.6 Å². The van der Waals surface area contributed by atoms with Gasteiger partial charge in [0, 0.05) is 18.7 Å². The molecule has 0 aromatic heterocycles. The quantitative estimate of drug-likeness (QED) is 0.415. The molecule has 0 atom stereocenters. The number of para-hydroxylation sites is 1. The van der Waals surface area contributed by atoms with E-state index in [1.54, 1.807) is 0 Å². The number of benzene rings is 1. The maximum atomic E-state index is 5.84. The average Bonchev–Trinajstić information content (AvgIpc) is 2.44. The molecule has 0 aliphatic carbocycles. The molecule has 1 aromatic rings. The molecule has 1 aromatic carbocycles. The van der Waals surface area contributed by atoms with Crippen LogP contribution >= 0.6 is 24.0 Å². The molecule has 21 heavy (non-hydrogen) atoms. The number of nitrogens with zero attached hydrogens (tertiary/aromatic N) is 1. The minimum absolute atomic E-state index is 0. The highest BCUT2D eigenvalue weighted by Gasteiger charge is 2.04. The zero-order valence-electron chi connectivity index (χ0n) is 13.5. The lowest BCUT2D eigenvalue weighted by Crippen LogP contribution is -2.36. The van der Waals surface area contributed by atoms with E-state index < -0.39 is 0 Å². The Morgan fingerprint density at radius 3 is 2.33 bits per heavy atom. The van der Waals surface area contributed by atoms with Gasteiger partial charge in [0.25, 0.3) is 0 Å². The number of rotatable bonds is 7. The van der Waals surface area contributed by atoms with Gasteiger partial charge in [-0.05, 0) is 25.8 Å². The van der Waals surface area contributed by atoms with Gasteiger partial charge in [0.2, 0.25) is 0 Å². The van der Waals surface area contributed by atoms with Crippen molar-refractivity contribution in [2.45, 2.75) is 34.2 Å². The van der Waals surface area contributed by atoms with Gasteiger partial charge in [0.15, 0.2) is 5.96 Å². The Bertz CT molecular complexity index is 414. The molecule has 120 valence electrons. The number of aliphatic imine (C=N–C) groups is 1. The van der Waals surface area contributed by atoms with Gasteiger partial charge in [-0.2, -0.15) is 0 Å². The Hall–Kier alpha value is -0.980. The third kappa shape index (κ3) is 8.14. The summed E-state index contributed by atoms with van der Waals surface area (Å²) in [7, 11) is 0. The summed E-state index contributed by atoms with van der Waals surface area (Å²) in [5.74, 6) is 2.29. The van der Waals surface area contributed by atoms with Gasteiger partial charge >= 0.3 is 0 Å². The third-order valence-electron chi connectivity index (χ3n) is 2.64. The first-order valence-electron chi connectivity index (χ1n) is 7.40. The predicted octanol–water partition coefficient (Wildman–Crippen LogP) is 3.41. The maximum absolute atomic E-state index is 5.84. The van der Waals surface area contributed by atoms with Crippen LogP contribution in [0.4, 0.5) is 0 Å². The fraction of sp³-hybridized carbons (Fsp3) is 0.562. The van der Waals surface area contributed by atoms with Crippen molar-refractivity contribution < 1.29 is 4.74 Å². The highest BCUT2D eigenvalue weighted by atomic mass is 127. The molecule has 2 N–H and O–H groups in total. The first-order chi connectivity index (χ1) is 9.67. The number of hydrogen-bond acceptors (Lipinski definition) is 2. The van der Waals surface area contributed by atoms with Crippen LogP contribution in [-0.4, -0.2) is 25.7 Å². The van der Waals surface area contributed by atoms with Crippen LogP contribution in [0.2, 0.25) is 0 Å². The average molecular weight is 405 g/mol. The lowest BCUT2D eigenvalue weighted by molar-refractivity contribution is 0.268. The van der Waals surface area contributed by atoms with Gasteiger partial charge < -0.3 is 15.4 Å². The second-order valence-electron chi connectivity index (χ2n) is 5.04. The van der Waals surface area contributed by atoms with Crippen LogP contribution in [0.25, 0.3) is 0 Å². The number of nitrogens with one attached hydrogen (secondary N) is 2. The minimum atomic E-state index is 0. The standard InChI is InChI=1S/C16H27N3O.HI/c1-5-17-16(18-6-2)19-11-14-9-7-8-10-15(14)20-12-13(3)4;/h7-10,13H,5-6,11-12H2,1-4H3,(H2,17,18,19);1H. The molecular formula is C16H28IN3O. The van der Waals surface area contributed by atoms with Crippen molar-refractivity contribution >= 4 is 29.9 Å². The van der Waals surface area contributed by atoms with Gasteiger partial charge in [-0.15, -0.1) is 24.0 Å². The van der Waals surface area contributed by atoms with Crippen molar-refractivity contribution in [2.24, 2.45) is 10.9 Å². The van der Waals surface area contributed by atoms with E-state index in [-0.39, 0.29) is 24.0 Å². The lowest BCUT2D eigenvalue weighted by atomic mass is 10.2. The SMILES string of the molecule is CCNC(=NCc1ccccc1OCC(C)C)NCC.I. The molecule has 5 heteroatoms. The van der Waals surface area contributed by atoms with Crippen LogP contribution in [0.3, 0.4) is 0 Å². The first-order valence-corrected chi connectivity index (χ1v) is 7.40. The van der Waals surface area contributed by atoms with Crippen LogP contribution in [-0.2, 0) is 6.54 Å². The normalized spacial score (nSPS) is 9.76. The van der Waals surface area contributed by atoms with Crippen LogP contribution in [0, 0.1) is 5.92 Å². The van der Waals surface area contributed by atoms with E-state index in [4.69, 9.17) is 4.74 Å². The second kappa shape index (κ2) is 11.7. The molecule has 0 saturated heterocycles. The zero-order valence-corrected chi connectivity index (χ0v) is 15.8. The maximum Gasteiger partial charge on any atom is 0.191 e. The van der Waals surface area contributed by atoms with Crippen LogP contribution < -0.4 is 15.4 Å². The van der Waals surface area contributed by atoms with Crippen molar-refractivity contribution in [3.05, 3.63) is 29.8 Å². The smallest absolute Gasteiger partial charge is 0.191 e. The molecule has 0 radical (unpaired) electrons. The van der Waals surface area contributed by atoms with Gasteiger partial charge in [0.1, 0.15) is 5.75 Å². The van der Waals surface area contributed by atoms with E-state index in [9.17, 15) is 0 Å². The fourth-order valence-electron chi connectivity index (χ4n) is 1.71. The molecule has 0 unspecified atom stereocenters. The monoisotopic (exact) mass is 405 g/mol. The fourth-order valence-corrected chi connectivity index (χ4v) is 1.71. The molecule has 0 bridgehead atoms. The van der Waals surface area contributed by atoms with E-state index in [2.05, 4.69) is 49.4 Å². The van der Waals surface area contributed by atoms with E-state index in [0.717, 1.165) is 37.0 Å². The van der Waals surface area contributed by atoms with Gasteiger partial charge in [-0.1, -0.05) is 32.0 Å². The van der Waals surface area contributed by atoms with Gasteiger partial charge in [-0.25, -0.2) is 4.99 Å². The van der Waals surface area contributed by atoms with Crippen molar-refractivity contribution in [3.8, 4) is 5.75 Å². The molecule has 0 amide bonds. The Morgan fingerprint density at radius 2 is 1.76 bits per heavy atom. The van der Waals surface area contributed by atoms with Crippen molar-refractivity contribution in [3.63, 3.8) is 0 Å². The zero-order chi connectivity index (χ0) is 14.8. The van der Waals surface area contributed by atoms with Crippen LogP contribution in [0.1, 0.15) is 33.3 Å². The summed E-state index contributed by atoms with van der Waals surface area (Å²) in [6.45, 7) is 11.5. The number of hydrogen-bond donors (Lipinski definition) is 2. The third-order valence-corrected chi connectivity index (χ3v) is 2.64. The van der Waals surface area contributed by atoms with Crippen molar-refractivity contribution in [2.75, 3.05) is 19.7 Å². The molecule has 0 aliphatic heterocycles. The molecule has 0 spiro atoms. The highest BCUT2D eigenvalue weighted by molar-refractivity contribution is 14.0. The molecule has 1 rings (SSSR count). The summed E-state index contributed by atoms with van der Waals surface area (Å²) in [6, 6.07) is 8.09. The Balaban J connectivity index is 0.00000400. The largest absolute Gasteiger partial charge is 0.493 e. The van der Waals surface area contributed by atoms with Crippen molar-refractivity contribution in [1.29, 1.82) is 0 Å². The summed E-state index contributed by atoms with van der Waals surface area (Å²) < 4.78 is 5.84. The topological polar surface area (TPSA) is 45.7 Å². The highest BCUT2D eigenvalue weighted by Crippen LogP contribution is 2.19. The summed E-state index contributed by atoms with van der Waals surface area (Å²) >= 11 is 0. The number of ether oxygens (including phenoxy) is 1. The summed E-state index contributed by atoms with van der Waals surface area (Å²) in [4.78, 5) is 4.58.